The fourth-order valence-electron chi connectivity index (χ4n) is 6.82. The number of unbranched alkanes of at least 4 members (excludes halogenated alkanes) is 8. The van der Waals surface area contributed by atoms with Crippen molar-refractivity contribution in [3.05, 3.63) is 69.8 Å². The van der Waals surface area contributed by atoms with Crippen LogP contribution in [0.2, 0.25) is 0 Å². The van der Waals surface area contributed by atoms with Crippen LogP contribution in [0.1, 0.15) is 144 Å². The van der Waals surface area contributed by atoms with Crippen molar-refractivity contribution in [1.29, 1.82) is 0 Å². The maximum atomic E-state index is 5.30. The summed E-state index contributed by atoms with van der Waals surface area (Å²) < 4.78 is 2.72. The van der Waals surface area contributed by atoms with Gasteiger partial charge in [0.25, 0.3) is 0 Å². The number of nitrogens with zero attached hydrogens (tertiary/aromatic N) is 3. The molecule has 234 valence electrons. The predicted molar refractivity (Wildman–Crippen MR) is 192 cm³/mol. The molecule has 0 saturated carbocycles. The summed E-state index contributed by atoms with van der Waals surface area (Å²) in [6.45, 7) is 10.3. The van der Waals surface area contributed by atoms with Crippen molar-refractivity contribution in [2.24, 2.45) is 0 Å². The Morgan fingerprint density at radius 3 is 1.70 bits per heavy atom. The number of rotatable bonds is 16. The van der Waals surface area contributed by atoms with Gasteiger partial charge in [-0.25, -0.2) is 9.97 Å². The van der Waals surface area contributed by atoms with E-state index in [1.54, 1.807) is 11.1 Å². The Morgan fingerprint density at radius 2 is 1.07 bits per heavy atom. The fourth-order valence-corrected chi connectivity index (χ4v) is 6.82. The second-order valence-electron chi connectivity index (χ2n) is 12.8. The fraction of sp³-hybridized carbons (Fsp3) is 0.500. The van der Waals surface area contributed by atoms with Crippen LogP contribution >= 0.6 is 0 Å². The lowest BCUT2D eigenvalue weighted by molar-refractivity contribution is 0.623. The number of hydrogen-bond donors (Lipinski definition) is 1. The van der Waals surface area contributed by atoms with Crippen LogP contribution in [0.25, 0.3) is 46.4 Å². The Hall–Kier alpha value is -3.40. The third kappa shape index (κ3) is 7.81. The van der Waals surface area contributed by atoms with Crippen LogP contribution in [0.4, 0.5) is 0 Å². The molecular formula is C40H54N4. The lowest BCUT2D eigenvalue weighted by atomic mass is 9.95. The van der Waals surface area contributed by atoms with E-state index in [1.807, 2.05) is 0 Å². The first-order valence-corrected chi connectivity index (χ1v) is 17.8. The molecular weight excluding hydrogens is 536 g/mol. The summed E-state index contributed by atoms with van der Waals surface area (Å²) in [5, 5.41) is 0. The summed E-state index contributed by atoms with van der Waals surface area (Å²) in [5.41, 5.74) is 13.8. The standard InChI is InChI=1S/C40H54N4/c1-5-9-13-17-35-36(18-14-10-6-2)40-37(19-15-11-7-3)38-25-24-33(43-38)28-32-21-20-30(41-32)27-31-22-23-34(42-31)29-39(35)44(40)26-16-12-8-4/h20-25,27-29,41H,5-19,26H2,1-4H3. The Morgan fingerprint density at radius 1 is 0.545 bits per heavy atom. The van der Waals surface area contributed by atoms with Gasteiger partial charge in [-0.05, 0) is 111 Å². The van der Waals surface area contributed by atoms with Crippen molar-refractivity contribution in [1.82, 2.24) is 19.5 Å². The van der Waals surface area contributed by atoms with Crippen LogP contribution in [0, 0.1) is 0 Å². The van der Waals surface area contributed by atoms with E-state index >= 15 is 0 Å². The molecule has 4 heteroatoms. The van der Waals surface area contributed by atoms with E-state index in [-0.39, 0.29) is 0 Å². The zero-order valence-electron chi connectivity index (χ0n) is 27.9. The zero-order valence-corrected chi connectivity index (χ0v) is 27.9. The van der Waals surface area contributed by atoms with Gasteiger partial charge in [0.05, 0.1) is 28.3 Å². The van der Waals surface area contributed by atoms with Gasteiger partial charge in [-0.15, -0.1) is 0 Å². The highest BCUT2D eigenvalue weighted by atomic mass is 15.0. The minimum absolute atomic E-state index is 0.997. The molecule has 2 aliphatic rings. The molecule has 0 atom stereocenters. The van der Waals surface area contributed by atoms with Gasteiger partial charge in [-0.3, -0.25) is 0 Å². The maximum absolute atomic E-state index is 5.30. The third-order valence-corrected chi connectivity index (χ3v) is 9.16. The van der Waals surface area contributed by atoms with E-state index in [0.29, 0.717) is 0 Å². The Labute approximate surface area is 265 Å². The molecule has 44 heavy (non-hydrogen) atoms. The second-order valence-corrected chi connectivity index (χ2v) is 12.8. The summed E-state index contributed by atoms with van der Waals surface area (Å²) in [7, 11) is 0. The average molecular weight is 591 g/mol. The van der Waals surface area contributed by atoms with Gasteiger partial charge in [-0.1, -0.05) is 79.1 Å². The van der Waals surface area contributed by atoms with Crippen molar-refractivity contribution in [2.75, 3.05) is 0 Å². The monoisotopic (exact) mass is 590 g/mol. The van der Waals surface area contributed by atoms with Crippen LogP contribution < -0.4 is 0 Å². The Bertz CT molecular complexity index is 1610. The summed E-state index contributed by atoms with van der Waals surface area (Å²) in [6.07, 6.45) is 27.0. The largest absolute Gasteiger partial charge is 0.355 e. The van der Waals surface area contributed by atoms with E-state index in [1.165, 1.54) is 93.6 Å². The van der Waals surface area contributed by atoms with E-state index in [0.717, 1.165) is 59.6 Å². The number of aromatic nitrogens is 4. The summed E-state index contributed by atoms with van der Waals surface area (Å²) >= 11 is 0. The Balaban J connectivity index is 1.91. The molecule has 0 spiro atoms. The lowest BCUT2D eigenvalue weighted by Crippen LogP contribution is -2.03. The molecule has 0 aromatic carbocycles. The molecule has 3 aromatic rings. The van der Waals surface area contributed by atoms with Gasteiger partial charge < -0.3 is 9.55 Å². The first-order valence-electron chi connectivity index (χ1n) is 17.8. The molecule has 4 nitrogen and oxygen atoms in total. The summed E-state index contributed by atoms with van der Waals surface area (Å²) in [5.74, 6) is 0. The molecule has 2 aliphatic heterocycles. The minimum atomic E-state index is 0.997. The lowest BCUT2D eigenvalue weighted by Gasteiger charge is -2.13. The molecule has 3 aromatic heterocycles. The summed E-state index contributed by atoms with van der Waals surface area (Å²) in [4.78, 5) is 14.0. The van der Waals surface area contributed by atoms with Gasteiger partial charge in [0.2, 0.25) is 0 Å². The van der Waals surface area contributed by atoms with Crippen LogP contribution in [0.5, 0.6) is 0 Å². The Kier molecular flexibility index (Phi) is 11.7. The number of fused-ring (bicyclic) bond motifs is 8. The van der Waals surface area contributed by atoms with E-state index < -0.39 is 0 Å². The van der Waals surface area contributed by atoms with Gasteiger partial charge in [0, 0.05) is 28.7 Å². The molecule has 0 saturated heterocycles. The SMILES string of the molecule is CCCCCc1c(CCCCC)c2c(CCCCC)c3nc(cc4ccc(cc5nc(cc1n2CCCCC)C=C5)[nH]4)C=C3. The summed E-state index contributed by atoms with van der Waals surface area (Å²) in [6, 6.07) is 11.0. The maximum Gasteiger partial charge on any atom is 0.0690 e. The van der Waals surface area contributed by atoms with Crippen molar-refractivity contribution in [3.8, 4) is 0 Å². The molecule has 0 aliphatic carbocycles. The van der Waals surface area contributed by atoms with E-state index in [4.69, 9.17) is 9.97 Å². The molecule has 8 bridgehead atoms. The number of aryl methyl sites for hydroxylation is 4. The minimum Gasteiger partial charge on any atom is -0.355 e. The predicted octanol–water partition coefficient (Wildman–Crippen LogP) is 11.5. The third-order valence-electron chi connectivity index (χ3n) is 9.16. The number of hydrogen-bond acceptors (Lipinski definition) is 2. The van der Waals surface area contributed by atoms with Gasteiger partial charge in [-0.2, -0.15) is 0 Å². The molecule has 0 amide bonds. The van der Waals surface area contributed by atoms with E-state index in [2.05, 4.69) is 91.9 Å². The van der Waals surface area contributed by atoms with Gasteiger partial charge in [0.15, 0.2) is 0 Å². The normalized spacial score (nSPS) is 12.5. The van der Waals surface area contributed by atoms with Crippen molar-refractivity contribution >= 4 is 46.4 Å². The smallest absolute Gasteiger partial charge is 0.0690 e. The topological polar surface area (TPSA) is 46.5 Å². The highest BCUT2D eigenvalue weighted by Crippen LogP contribution is 2.34. The highest BCUT2D eigenvalue weighted by molar-refractivity contribution is 5.83. The average Bonchev–Trinajstić information content (AvgIpc) is 3.82. The van der Waals surface area contributed by atoms with Gasteiger partial charge >= 0.3 is 0 Å². The van der Waals surface area contributed by atoms with Crippen molar-refractivity contribution in [2.45, 2.75) is 131 Å². The van der Waals surface area contributed by atoms with Gasteiger partial charge in [0.1, 0.15) is 0 Å². The zero-order chi connectivity index (χ0) is 30.7. The van der Waals surface area contributed by atoms with Crippen LogP contribution in [0.3, 0.4) is 0 Å². The molecule has 5 rings (SSSR count). The molecule has 5 heterocycles. The molecule has 1 N–H and O–H groups in total. The number of aromatic amines is 1. The second kappa shape index (κ2) is 16.1. The van der Waals surface area contributed by atoms with Crippen molar-refractivity contribution in [3.63, 3.8) is 0 Å². The van der Waals surface area contributed by atoms with Crippen LogP contribution in [-0.4, -0.2) is 19.5 Å². The first-order chi connectivity index (χ1) is 21.6. The number of H-pyrrole nitrogens is 1. The van der Waals surface area contributed by atoms with Crippen LogP contribution in [0.15, 0.2) is 30.3 Å². The molecule has 0 fully saturated rings. The first kappa shape index (κ1) is 32.0. The molecule has 0 unspecified atom stereocenters. The molecule has 0 radical (unpaired) electrons. The highest BCUT2D eigenvalue weighted by Gasteiger charge is 2.21. The van der Waals surface area contributed by atoms with E-state index in [9.17, 15) is 0 Å². The van der Waals surface area contributed by atoms with Crippen molar-refractivity contribution < 1.29 is 0 Å². The van der Waals surface area contributed by atoms with Crippen LogP contribution in [-0.2, 0) is 25.8 Å². The quantitative estimate of drug-likeness (QED) is 0.116. The number of nitrogens with one attached hydrogen (secondary N) is 1.